The molecule has 2 heterocycles. The zero-order chi connectivity index (χ0) is 24.8. The number of carbonyl (C=O) groups excluding carboxylic acids is 1. The van der Waals surface area contributed by atoms with Gasteiger partial charge in [-0.15, -0.1) is 0 Å². The Bertz CT molecular complexity index is 1410. The van der Waals surface area contributed by atoms with E-state index in [1.165, 1.54) is 7.11 Å². The van der Waals surface area contributed by atoms with E-state index in [1.54, 1.807) is 67.0 Å². The van der Waals surface area contributed by atoms with Crippen molar-refractivity contribution in [2.24, 2.45) is 0 Å². The van der Waals surface area contributed by atoms with E-state index in [9.17, 15) is 13.2 Å². The van der Waals surface area contributed by atoms with Gasteiger partial charge in [0.05, 0.1) is 35.4 Å². The topological polar surface area (TPSA) is 79.8 Å². The Kier molecular flexibility index (Phi) is 7.18. The minimum atomic E-state index is -3.93. The van der Waals surface area contributed by atoms with Crippen molar-refractivity contribution in [2.75, 3.05) is 18.6 Å². The second kappa shape index (κ2) is 10.5. The molecule has 0 unspecified atom stereocenters. The number of anilines is 1. The van der Waals surface area contributed by atoms with Crippen molar-refractivity contribution in [3.63, 3.8) is 0 Å². The maximum atomic E-state index is 13.5. The largest absolute Gasteiger partial charge is 0.465 e. The Balaban J connectivity index is 1.81. The predicted molar refractivity (Wildman–Crippen MR) is 134 cm³/mol. The number of rotatable bonds is 6. The van der Waals surface area contributed by atoms with Gasteiger partial charge in [0.15, 0.2) is 0 Å². The molecule has 7 nitrogen and oxygen atoms in total. The molecule has 0 N–H and O–H groups in total. The summed E-state index contributed by atoms with van der Waals surface area (Å²) in [5.74, 6) is 2.53. The third-order valence-electron chi connectivity index (χ3n) is 5.55. The molecular formula is C27H25N3O4S. The van der Waals surface area contributed by atoms with E-state index in [4.69, 9.17) is 4.74 Å². The molecule has 0 amide bonds. The number of carbonyl (C=O) groups is 1. The summed E-state index contributed by atoms with van der Waals surface area (Å²) in [4.78, 5) is 18.5. The maximum absolute atomic E-state index is 13.5. The van der Waals surface area contributed by atoms with Crippen molar-refractivity contribution in [2.45, 2.75) is 24.8 Å². The molecular weight excluding hydrogens is 462 g/mol. The fourth-order valence-corrected chi connectivity index (χ4v) is 4.92. The van der Waals surface area contributed by atoms with E-state index >= 15 is 0 Å². The predicted octanol–water partition coefficient (Wildman–Crippen LogP) is 4.10. The zero-order valence-corrected chi connectivity index (χ0v) is 20.3. The highest BCUT2D eigenvalue weighted by Gasteiger charge is 2.24. The maximum Gasteiger partial charge on any atom is 0.340 e. The van der Waals surface area contributed by atoms with Crippen LogP contribution in [0.1, 0.15) is 33.5 Å². The summed E-state index contributed by atoms with van der Waals surface area (Å²) < 4.78 is 33.2. The molecule has 0 saturated carbocycles. The molecule has 0 spiro atoms. The van der Waals surface area contributed by atoms with Crippen LogP contribution < -0.4 is 4.90 Å². The van der Waals surface area contributed by atoms with Crippen LogP contribution >= 0.6 is 0 Å². The summed E-state index contributed by atoms with van der Waals surface area (Å²) in [6, 6.07) is 18.2. The monoisotopic (exact) mass is 487 g/mol. The molecule has 178 valence electrons. The van der Waals surface area contributed by atoms with E-state index < -0.39 is 16.0 Å². The van der Waals surface area contributed by atoms with Gasteiger partial charge in [0, 0.05) is 31.2 Å². The van der Waals surface area contributed by atoms with Crippen LogP contribution in [0.25, 0.3) is 0 Å². The van der Waals surface area contributed by atoms with Crippen molar-refractivity contribution >= 4 is 21.7 Å². The first-order valence-corrected chi connectivity index (χ1v) is 12.5. The van der Waals surface area contributed by atoms with Crippen LogP contribution in [-0.4, -0.2) is 37.3 Å². The molecule has 35 heavy (non-hydrogen) atoms. The van der Waals surface area contributed by atoms with Crippen LogP contribution in [0.15, 0.2) is 84.2 Å². The zero-order valence-electron chi connectivity index (χ0n) is 19.5. The fraction of sp³-hybridized carbons (Fsp3) is 0.185. The number of ether oxygens (including phenoxy) is 1. The number of aryl methyl sites for hydroxylation is 1. The van der Waals surface area contributed by atoms with Crippen LogP contribution in [0, 0.1) is 18.9 Å². The number of esters is 1. The molecule has 3 aromatic rings. The molecule has 4 rings (SSSR count). The van der Waals surface area contributed by atoms with Gasteiger partial charge in [0.1, 0.15) is 0 Å². The third-order valence-corrected chi connectivity index (χ3v) is 7.22. The summed E-state index contributed by atoms with van der Waals surface area (Å²) in [7, 11) is -2.60. The standard InChI is InChI=1S/C27H25N3O4S/c1-21-8-10-24(11-9-21)35(32,33)30(20-22-12-15-28-16-13-22)19-14-23-6-5-7-25(27(31)34-2)26(23)29-17-3-4-18-29/h3,5-13,15-17H,4,18,20H2,1-2H3. The van der Waals surface area contributed by atoms with Gasteiger partial charge >= 0.3 is 5.97 Å². The molecule has 1 aliphatic rings. The normalized spacial score (nSPS) is 12.7. The minimum absolute atomic E-state index is 0.0430. The lowest BCUT2D eigenvalue weighted by Crippen LogP contribution is -2.26. The van der Waals surface area contributed by atoms with Crippen molar-refractivity contribution in [3.8, 4) is 12.0 Å². The molecule has 0 fully saturated rings. The Morgan fingerprint density at radius 1 is 1.11 bits per heavy atom. The quantitative estimate of drug-likeness (QED) is 0.296. The van der Waals surface area contributed by atoms with Gasteiger partial charge in [-0.05, 0) is 61.2 Å². The van der Waals surface area contributed by atoms with Gasteiger partial charge < -0.3 is 9.64 Å². The average molecular weight is 488 g/mol. The lowest BCUT2D eigenvalue weighted by Gasteiger charge is -2.21. The number of hydrogen-bond acceptors (Lipinski definition) is 6. The van der Waals surface area contributed by atoms with Crippen molar-refractivity contribution in [3.05, 3.63) is 102 Å². The molecule has 0 saturated heterocycles. The van der Waals surface area contributed by atoms with Crippen LogP contribution in [0.3, 0.4) is 0 Å². The summed E-state index contributed by atoms with van der Waals surface area (Å²) in [6.45, 7) is 2.63. The lowest BCUT2D eigenvalue weighted by atomic mass is 10.1. The van der Waals surface area contributed by atoms with Crippen LogP contribution in [0.5, 0.6) is 0 Å². The second-order valence-electron chi connectivity index (χ2n) is 7.98. The molecule has 8 heteroatoms. The first-order valence-electron chi connectivity index (χ1n) is 11.0. The van der Waals surface area contributed by atoms with Gasteiger partial charge in [-0.2, -0.15) is 0 Å². The fourth-order valence-electron chi connectivity index (χ4n) is 3.70. The molecule has 1 aliphatic heterocycles. The number of methoxy groups -OCH3 is 1. The first-order chi connectivity index (χ1) is 16.9. The number of hydrogen-bond donors (Lipinski definition) is 0. The molecule has 1 aromatic heterocycles. The molecule has 0 atom stereocenters. The Morgan fingerprint density at radius 2 is 1.86 bits per heavy atom. The highest BCUT2D eigenvalue weighted by molar-refractivity contribution is 7.89. The summed E-state index contributed by atoms with van der Waals surface area (Å²) in [5, 5.41) is 0. The summed E-state index contributed by atoms with van der Waals surface area (Å²) in [6.07, 6.45) is 7.94. The van der Waals surface area contributed by atoms with Gasteiger partial charge in [-0.25, -0.2) is 17.5 Å². The highest BCUT2D eigenvalue weighted by Crippen LogP contribution is 2.29. The van der Waals surface area contributed by atoms with Crippen molar-refractivity contribution < 1.29 is 17.9 Å². The molecule has 0 radical (unpaired) electrons. The Hall–Kier alpha value is -4.09. The Morgan fingerprint density at radius 3 is 2.51 bits per heavy atom. The number of aromatic nitrogens is 1. The molecule has 0 bridgehead atoms. The average Bonchev–Trinajstić information content (AvgIpc) is 3.41. The highest BCUT2D eigenvalue weighted by atomic mass is 32.2. The van der Waals surface area contributed by atoms with Gasteiger partial charge in [-0.3, -0.25) is 4.98 Å². The van der Waals surface area contributed by atoms with E-state index in [1.807, 2.05) is 24.1 Å². The number of sulfonamides is 1. The van der Waals surface area contributed by atoms with E-state index in [0.29, 0.717) is 23.4 Å². The van der Waals surface area contributed by atoms with Crippen molar-refractivity contribution in [1.82, 2.24) is 9.29 Å². The van der Waals surface area contributed by atoms with Gasteiger partial charge in [0.25, 0.3) is 10.0 Å². The number of benzene rings is 2. The number of para-hydroxylation sites is 1. The van der Waals surface area contributed by atoms with E-state index in [2.05, 4.69) is 16.9 Å². The molecule has 0 aliphatic carbocycles. The molecule has 2 aromatic carbocycles. The number of nitrogens with zero attached hydrogens (tertiary/aromatic N) is 3. The van der Waals surface area contributed by atoms with Gasteiger partial charge in [0.2, 0.25) is 0 Å². The summed E-state index contributed by atoms with van der Waals surface area (Å²) >= 11 is 0. The van der Waals surface area contributed by atoms with Gasteiger partial charge in [-0.1, -0.05) is 29.8 Å². The van der Waals surface area contributed by atoms with Crippen LogP contribution in [0.4, 0.5) is 5.69 Å². The minimum Gasteiger partial charge on any atom is -0.465 e. The van der Waals surface area contributed by atoms with E-state index in [0.717, 1.165) is 21.9 Å². The van der Waals surface area contributed by atoms with Crippen molar-refractivity contribution in [1.29, 1.82) is 0 Å². The number of pyridine rings is 1. The Labute approximate surface area is 205 Å². The smallest absolute Gasteiger partial charge is 0.340 e. The second-order valence-corrected chi connectivity index (χ2v) is 9.84. The lowest BCUT2D eigenvalue weighted by molar-refractivity contribution is 0.0601. The third kappa shape index (κ3) is 5.36. The SMILES string of the molecule is COC(=O)c1cccc(C#CN(Cc2ccncc2)S(=O)(=O)c2ccc(C)cc2)c1N1C=CCC1. The summed E-state index contributed by atoms with van der Waals surface area (Å²) in [5.41, 5.74) is 3.19. The van der Waals surface area contributed by atoms with Crippen LogP contribution in [-0.2, 0) is 21.3 Å². The van der Waals surface area contributed by atoms with E-state index in [-0.39, 0.29) is 11.4 Å². The van der Waals surface area contributed by atoms with Crippen LogP contribution in [0.2, 0.25) is 0 Å². The first kappa shape index (κ1) is 24.0.